The van der Waals surface area contributed by atoms with Gasteiger partial charge in [0.15, 0.2) is 0 Å². The van der Waals surface area contributed by atoms with E-state index in [0.29, 0.717) is 0 Å². The van der Waals surface area contributed by atoms with Crippen molar-refractivity contribution in [2.75, 3.05) is 0 Å². The molecule has 5 heteroatoms. The Bertz CT molecular complexity index is 2720. The van der Waals surface area contributed by atoms with Gasteiger partial charge in [0.25, 0.3) is 0 Å². The van der Waals surface area contributed by atoms with Crippen molar-refractivity contribution < 1.29 is 21.1 Å². The van der Waals surface area contributed by atoms with Crippen molar-refractivity contribution in [3.63, 3.8) is 0 Å². The maximum Gasteiger partial charge on any atom is 2.00 e. The van der Waals surface area contributed by atoms with Gasteiger partial charge in [-0.1, -0.05) is 131 Å². The molecule has 1 aliphatic carbocycles. The second-order valence-corrected chi connectivity index (χ2v) is 12.9. The van der Waals surface area contributed by atoms with Gasteiger partial charge in [0.05, 0.1) is 0 Å². The molecule has 246 valence electrons. The standard InChI is InChI=1S/C47H28N4.Pt/c1-2-12-31(13-3-1)32-21-25-49-44(28-32)40-30-36(27-34-15-11-24-51-46(34)40)47(41-18-6-4-16-37(41)38-17-5-7-19-42(38)47)35-26-33-14-10-23-50-45(33)39(29-35)43-20-8-9-22-48-43;/h1-28H;/q-2;+2. The molecule has 0 atom stereocenters. The number of rotatable bonds is 5. The summed E-state index contributed by atoms with van der Waals surface area (Å²) in [4.78, 5) is 19.5. The summed E-state index contributed by atoms with van der Waals surface area (Å²) in [6, 6.07) is 58.8. The normalized spacial score (nSPS) is 12.6. The quantitative estimate of drug-likeness (QED) is 0.162. The number of pyridine rings is 4. The second kappa shape index (κ2) is 12.9. The Morgan fingerprint density at radius 2 is 0.942 bits per heavy atom. The van der Waals surface area contributed by atoms with Crippen molar-refractivity contribution in [2.45, 2.75) is 5.41 Å². The molecule has 1 aliphatic rings. The molecule has 0 amide bonds. The molecule has 4 aromatic heterocycles. The molecule has 0 spiro atoms. The van der Waals surface area contributed by atoms with E-state index in [1.165, 1.54) is 22.3 Å². The zero-order valence-electron chi connectivity index (χ0n) is 27.8. The molecule has 4 nitrogen and oxygen atoms in total. The average Bonchev–Trinajstić information content (AvgIpc) is 3.52. The van der Waals surface area contributed by atoms with E-state index < -0.39 is 5.41 Å². The summed E-state index contributed by atoms with van der Waals surface area (Å²) in [5, 5.41) is 2.04. The third kappa shape index (κ3) is 4.94. The van der Waals surface area contributed by atoms with Crippen molar-refractivity contribution in [3.8, 4) is 44.8 Å². The van der Waals surface area contributed by atoms with E-state index in [0.717, 1.165) is 66.6 Å². The fourth-order valence-corrected chi connectivity index (χ4v) is 7.88. The van der Waals surface area contributed by atoms with Crippen LogP contribution in [0.15, 0.2) is 170 Å². The van der Waals surface area contributed by atoms with Crippen LogP contribution in [0.5, 0.6) is 0 Å². The molecule has 0 radical (unpaired) electrons. The van der Waals surface area contributed by atoms with Crippen molar-refractivity contribution in [2.24, 2.45) is 0 Å². The van der Waals surface area contributed by atoms with Gasteiger partial charge in [0, 0.05) is 30.2 Å². The van der Waals surface area contributed by atoms with Crippen molar-refractivity contribution in [1.29, 1.82) is 0 Å². The smallest absolute Gasteiger partial charge is 0.305 e. The Hall–Kier alpha value is -6.09. The van der Waals surface area contributed by atoms with Gasteiger partial charge >= 0.3 is 21.1 Å². The first-order valence-corrected chi connectivity index (χ1v) is 17.0. The number of nitrogens with zero attached hydrogens (tertiary/aromatic N) is 4. The molecule has 0 saturated heterocycles. The fourth-order valence-electron chi connectivity index (χ4n) is 7.88. The van der Waals surface area contributed by atoms with Gasteiger partial charge in [-0.25, -0.2) is 0 Å². The molecule has 0 saturated carbocycles. The van der Waals surface area contributed by atoms with Gasteiger partial charge in [-0.15, -0.1) is 35.4 Å². The molecule has 52 heavy (non-hydrogen) atoms. The number of hydrogen-bond acceptors (Lipinski definition) is 4. The molecule has 0 fully saturated rings. The zero-order valence-corrected chi connectivity index (χ0v) is 30.0. The summed E-state index contributed by atoms with van der Waals surface area (Å²) in [6.07, 6.45) is 7.39. The Balaban J connectivity index is 0.00000360. The molecule has 4 heterocycles. The SMILES string of the molecule is [Pt+2].[c-]1c(C2(c3[c-]c(-c4cc(-c5ccccc5)ccn4)c4ncccc4c3)c3ccccc3-c3ccccc32)cc2cccnc2c1-c1ccccn1. The Morgan fingerprint density at radius 3 is 1.56 bits per heavy atom. The Kier molecular flexibility index (Phi) is 7.91. The molecular formula is C47H28N4Pt. The first kappa shape index (κ1) is 31.9. The minimum absolute atomic E-state index is 0. The van der Waals surface area contributed by atoms with Gasteiger partial charge in [-0.3, -0.25) is 0 Å². The van der Waals surface area contributed by atoms with Crippen LogP contribution in [0.4, 0.5) is 0 Å². The van der Waals surface area contributed by atoms with Crippen LogP contribution in [0, 0.1) is 12.1 Å². The van der Waals surface area contributed by atoms with E-state index in [1.54, 1.807) is 0 Å². The van der Waals surface area contributed by atoms with E-state index in [4.69, 9.17) is 19.9 Å². The van der Waals surface area contributed by atoms with E-state index in [-0.39, 0.29) is 21.1 Å². The number of fused-ring (bicyclic) bond motifs is 5. The number of aromatic nitrogens is 4. The van der Waals surface area contributed by atoms with E-state index in [9.17, 15) is 0 Å². The zero-order chi connectivity index (χ0) is 33.8. The minimum Gasteiger partial charge on any atom is -0.305 e. The van der Waals surface area contributed by atoms with Gasteiger partial charge in [0.2, 0.25) is 0 Å². The van der Waals surface area contributed by atoms with E-state index >= 15 is 0 Å². The summed E-state index contributed by atoms with van der Waals surface area (Å²) in [5.74, 6) is 0. The predicted molar refractivity (Wildman–Crippen MR) is 204 cm³/mol. The minimum atomic E-state index is -0.781. The van der Waals surface area contributed by atoms with Gasteiger partial charge in [0.1, 0.15) is 0 Å². The summed E-state index contributed by atoms with van der Waals surface area (Å²) in [7, 11) is 0. The largest absolute Gasteiger partial charge is 2.00 e. The van der Waals surface area contributed by atoms with Crippen LogP contribution in [0.3, 0.4) is 0 Å². The molecule has 5 aromatic carbocycles. The third-order valence-electron chi connectivity index (χ3n) is 10.1. The van der Waals surface area contributed by atoms with E-state index in [1.807, 2.05) is 61.2 Å². The number of benzene rings is 5. The van der Waals surface area contributed by atoms with E-state index in [2.05, 4.69) is 121 Å². The van der Waals surface area contributed by atoms with Gasteiger partial charge < -0.3 is 19.9 Å². The third-order valence-corrected chi connectivity index (χ3v) is 10.1. The van der Waals surface area contributed by atoms with Crippen LogP contribution in [0.2, 0.25) is 0 Å². The molecule has 0 bridgehead atoms. The van der Waals surface area contributed by atoms with Crippen molar-refractivity contribution in [3.05, 3.63) is 205 Å². The Labute approximate surface area is 316 Å². The van der Waals surface area contributed by atoms with Crippen LogP contribution in [0.1, 0.15) is 22.3 Å². The first-order valence-electron chi connectivity index (χ1n) is 17.0. The van der Waals surface area contributed by atoms with Crippen LogP contribution in [-0.4, -0.2) is 19.9 Å². The molecule has 0 aliphatic heterocycles. The summed E-state index contributed by atoms with van der Waals surface area (Å²) >= 11 is 0. The second-order valence-electron chi connectivity index (χ2n) is 12.9. The van der Waals surface area contributed by atoms with Crippen LogP contribution < -0.4 is 0 Å². The summed E-state index contributed by atoms with van der Waals surface area (Å²) < 4.78 is 0. The fraction of sp³-hybridized carbons (Fsp3) is 0.0213. The Morgan fingerprint density at radius 1 is 0.404 bits per heavy atom. The molecule has 9 aromatic rings. The van der Waals surface area contributed by atoms with Crippen LogP contribution in [-0.2, 0) is 26.5 Å². The first-order chi connectivity index (χ1) is 25.3. The van der Waals surface area contributed by atoms with Gasteiger partial charge in [-0.05, 0) is 80.1 Å². The summed E-state index contributed by atoms with van der Waals surface area (Å²) in [5.41, 5.74) is 13.2. The topological polar surface area (TPSA) is 51.6 Å². The molecular weight excluding hydrogens is 816 g/mol. The van der Waals surface area contributed by atoms with Crippen LogP contribution >= 0.6 is 0 Å². The summed E-state index contributed by atoms with van der Waals surface area (Å²) in [6.45, 7) is 0. The molecule has 10 rings (SSSR count). The monoisotopic (exact) mass is 843 g/mol. The maximum absolute atomic E-state index is 4.94. The molecule has 0 N–H and O–H groups in total. The van der Waals surface area contributed by atoms with Gasteiger partial charge in [-0.2, -0.15) is 0 Å². The molecule has 0 unspecified atom stereocenters. The predicted octanol–water partition coefficient (Wildman–Crippen LogP) is 10.5. The maximum atomic E-state index is 4.94. The van der Waals surface area contributed by atoms with Crippen LogP contribution in [0.25, 0.3) is 66.6 Å². The van der Waals surface area contributed by atoms with Crippen molar-refractivity contribution in [1.82, 2.24) is 19.9 Å². The number of hydrogen-bond donors (Lipinski definition) is 0. The average molecular weight is 844 g/mol. The van der Waals surface area contributed by atoms with Crippen molar-refractivity contribution >= 4 is 21.8 Å².